The van der Waals surface area contributed by atoms with Crippen LogP contribution in [0.2, 0.25) is 0 Å². The van der Waals surface area contributed by atoms with E-state index in [2.05, 4.69) is 10.6 Å². The lowest BCUT2D eigenvalue weighted by Gasteiger charge is -2.26. The van der Waals surface area contributed by atoms with Crippen molar-refractivity contribution in [1.82, 2.24) is 10.6 Å². The molecular formula is C10H20N2O2. The van der Waals surface area contributed by atoms with E-state index >= 15 is 0 Å². The van der Waals surface area contributed by atoms with Gasteiger partial charge in [-0.15, -0.1) is 0 Å². The van der Waals surface area contributed by atoms with Gasteiger partial charge in [0.1, 0.15) is 0 Å². The van der Waals surface area contributed by atoms with Gasteiger partial charge in [-0.3, -0.25) is 4.79 Å². The molecule has 2 atom stereocenters. The summed E-state index contributed by atoms with van der Waals surface area (Å²) in [6.07, 6.45) is 3.35. The molecule has 1 amide bonds. The Morgan fingerprint density at radius 3 is 2.93 bits per heavy atom. The van der Waals surface area contributed by atoms with Gasteiger partial charge in [0.05, 0.1) is 12.6 Å². The number of rotatable bonds is 4. The molecule has 1 saturated carbocycles. The summed E-state index contributed by atoms with van der Waals surface area (Å²) in [5, 5.41) is 15.3. The zero-order valence-corrected chi connectivity index (χ0v) is 8.75. The van der Waals surface area contributed by atoms with E-state index in [9.17, 15) is 9.90 Å². The minimum atomic E-state index is -0.229. The van der Waals surface area contributed by atoms with Crippen LogP contribution in [0.4, 0.5) is 0 Å². The predicted molar refractivity (Wildman–Crippen MR) is 54.9 cm³/mol. The number of amides is 1. The molecule has 2 unspecified atom stereocenters. The average Bonchev–Trinajstić information content (AvgIpc) is 2.15. The molecule has 1 fully saturated rings. The second-order valence-electron chi connectivity index (χ2n) is 3.87. The van der Waals surface area contributed by atoms with Crippen molar-refractivity contribution in [3.05, 3.63) is 0 Å². The van der Waals surface area contributed by atoms with Crippen LogP contribution in [-0.4, -0.2) is 36.2 Å². The van der Waals surface area contributed by atoms with Gasteiger partial charge in [0.15, 0.2) is 0 Å². The third-order valence-corrected chi connectivity index (χ3v) is 2.55. The van der Waals surface area contributed by atoms with Crippen LogP contribution in [-0.2, 0) is 4.79 Å². The number of aliphatic hydroxyl groups is 1. The Balaban J connectivity index is 2.18. The molecule has 0 spiro atoms. The van der Waals surface area contributed by atoms with E-state index in [0.717, 1.165) is 25.8 Å². The van der Waals surface area contributed by atoms with Gasteiger partial charge in [-0.1, -0.05) is 6.92 Å². The number of aliphatic hydroxyl groups excluding tert-OH is 1. The molecule has 4 nitrogen and oxygen atoms in total. The average molecular weight is 200 g/mol. The molecule has 14 heavy (non-hydrogen) atoms. The molecule has 4 heteroatoms. The van der Waals surface area contributed by atoms with Crippen molar-refractivity contribution >= 4 is 5.91 Å². The molecule has 0 saturated heterocycles. The first-order valence-electron chi connectivity index (χ1n) is 5.40. The van der Waals surface area contributed by atoms with E-state index in [0.29, 0.717) is 13.0 Å². The minimum Gasteiger partial charge on any atom is -0.393 e. The Hall–Kier alpha value is -0.610. The maximum atomic E-state index is 11.3. The van der Waals surface area contributed by atoms with Crippen molar-refractivity contribution < 1.29 is 9.90 Å². The maximum absolute atomic E-state index is 11.3. The smallest absolute Gasteiger partial charge is 0.234 e. The molecular weight excluding hydrogens is 180 g/mol. The van der Waals surface area contributed by atoms with Crippen molar-refractivity contribution in [2.24, 2.45) is 0 Å². The summed E-state index contributed by atoms with van der Waals surface area (Å²) in [6.45, 7) is 3.15. The lowest BCUT2D eigenvalue weighted by atomic mass is 9.93. The summed E-state index contributed by atoms with van der Waals surface area (Å²) in [5.41, 5.74) is 0. The Kier molecular flexibility index (Phi) is 4.90. The highest BCUT2D eigenvalue weighted by molar-refractivity contribution is 5.78. The second kappa shape index (κ2) is 5.98. The Bertz CT molecular complexity index is 185. The van der Waals surface area contributed by atoms with Gasteiger partial charge >= 0.3 is 0 Å². The highest BCUT2D eigenvalue weighted by Gasteiger charge is 2.20. The summed E-state index contributed by atoms with van der Waals surface area (Å²) in [5.74, 6) is 0.0333. The third kappa shape index (κ3) is 4.07. The molecule has 0 aromatic heterocycles. The fourth-order valence-electron chi connectivity index (χ4n) is 1.81. The fraction of sp³-hybridized carbons (Fsp3) is 0.900. The van der Waals surface area contributed by atoms with E-state index in [1.54, 1.807) is 0 Å². The molecule has 0 radical (unpaired) electrons. The van der Waals surface area contributed by atoms with Crippen LogP contribution in [0.3, 0.4) is 0 Å². The SMILES string of the molecule is CCNCC(=O)NC1CCCC(O)C1. The standard InChI is InChI=1S/C10H20N2O2/c1-2-11-7-10(14)12-8-4-3-5-9(13)6-8/h8-9,11,13H,2-7H2,1H3,(H,12,14). The summed E-state index contributed by atoms with van der Waals surface area (Å²) in [4.78, 5) is 11.3. The number of hydrogen-bond donors (Lipinski definition) is 3. The van der Waals surface area contributed by atoms with Crippen molar-refractivity contribution in [3.63, 3.8) is 0 Å². The van der Waals surface area contributed by atoms with Gasteiger partial charge in [0.25, 0.3) is 0 Å². The summed E-state index contributed by atoms with van der Waals surface area (Å²) in [6, 6.07) is 0.171. The Labute approximate surface area is 85.1 Å². The minimum absolute atomic E-state index is 0.0333. The van der Waals surface area contributed by atoms with E-state index in [1.165, 1.54) is 0 Å². The largest absolute Gasteiger partial charge is 0.393 e. The van der Waals surface area contributed by atoms with Gasteiger partial charge in [0, 0.05) is 6.04 Å². The molecule has 1 rings (SSSR count). The van der Waals surface area contributed by atoms with Crippen molar-refractivity contribution in [3.8, 4) is 0 Å². The number of nitrogens with one attached hydrogen (secondary N) is 2. The number of likely N-dealkylation sites (N-methyl/N-ethyl adjacent to an activating group) is 1. The molecule has 0 bridgehead atoms. The van der Waals surface area contributed by atoms with Crippen LogP contribution in [0, 0.1) is 0 Å². The lowest BCUT2D eigenvalue weighted by Crippen LogP contribution is -2.43. The predicted octanol–water partition coefficient (Wildman–Crippen LogP) is 0.0156. The molecule has 3 N–H and O–H groups in total. The molecule has 0 aromatic rings. The summed E-state index contributed by atoms with van der Waals surface area (Å²) >= 11 is 0. The summed E-state index contributed by atoms with van der Waals surface area (Å²) < 4.78 is 0. The van der Waals surface area contributed by atoms with Gasteiger partial charge in [-0.2, -0.15) is 0 Å². The second-order valence-corrected chi connectivity index (χ2v) is 3.87. The van der Waals surface area contributed by atoms with Crippen LogP contribution in [0.5, 0.6) is 0 Å². The number of hydrogen-bond acceptors (Lipinski definition) is 3. The first-order chi connectivity index (χ1) is 6.72. The molecule has 82 valence electrons. The van der Waals surface area contributed by atoms with E-state index in [-0.39, 0.29) is 18.1 Å². The highest BCUT2D eigenvalue weighted by atomic mass is 16.3. The Morgan fingerprint density at radius 2 is 2.29 bits per heavy atom. The summed E-state index contributed by atoms with van der Waals surface area (Å²) in [7, 11) is 0. The molecule has 0 aliphatic heterocycles. The van der Waals surface area contributed by atoms with Crippen molar-refractivity contribution in [2.45, 2.75) is 44.8 Å². The Morgan fingerprint density at radius 1 is 1.50 bits per heavy atom. The molecule has 0 heterocycles. The maximum Gasteiger partial charge on any atom is 0.234 e. The van der Waals surface area contributed by atoms with E-state index < -0.39 is 0 Å². The van der Waals surface area contributed by atoms with Crippen LogP contribution < -0.4 is 10.6 Å². The lowest BCUT2D eigenvalue weighted by molar-refractivity contribution is -0.121. The van der Waals surface area contributed by atoms with Crippen LogP contribution >= 0.6 is 0 Å². The monoisotopic (exact) mass is 200 g/mol. The van der Waals surface area contributed by atoms with Gasteiger partial charge in [-0.05, 0) is 32.2 Å². The normalized spacial score (nSPS) is 27.3. The van der Waals surface area contributed by atoms with E-state index in [4.69, 9.17) is 0 Å². The van der Waals surface area contributed by atoms with Crippen molar-refractivity contribution in [2.75, 3.05) is 13.1 Å². The van der Waals surface area contributed by atoms with Gasteiger partial charge in [-0.25, -0.2) is 0 Å². The molecule has 0 aromatic carbocycles. The first-order valence-corrected chi connectivity index (χ1v) is 5.40. The molecule has 1 aliphatic carbocycles. The number of carbonyl (C=O) groups excluding carboxylic acids is 1. The fourth-order valence-corrected chi connectivity index (χ4v) is 1.81. The van der Waals surface area contributed by atoms with Crippen LogP contribution in [0.25, 0.3) is 0 Å². The van der Waals surface area contributed by atoms with Crippen LogP contribution in [0.15, 0.2) is 0 Å². The zero-order chi connectivity index (χ0) is 10.4. The number of carbonyl (C=O) groups is 1. The first kappa shape index (κ1) is 11.5. The molecule has 1 aliphatic rings. The van der Waals surface area contributed by atoms with Gasteiger partial charge < -0.3 is 15.7 Å². The zero-order valence-electron chi connectivity index (χ0n) is 8.75. The van der Waals surface area contributed by atoms with E-state index in [1.807, 2.05) is 6.92 Å². The highest BCUT2D eigenvalue weighted by Crippen LogP contribution is 2.17. The quantitative estimate of drug-likeness (QED) is 0.599. The van der Waals surface area contributed by atoms with Crippen LogP contribution in [0.1, 0.15) is 32.6 Å². The topological polar surface area (TPSA) is 61.4 Å². The van der Waals surface area contributed by atoms with Gasteiger partial charge in [0.2, 0.25) is 5.91 Å². The van der Waals surface area contributed by atoms with Crippen molar-refractivity contribution in [1.29, 1.82) is 0 Å². The third-order valence-electron chi connectivity index (χ3n) is 2.55.